The number of epoxide rings is 1. The fourth-order valence-electron chi connectivity index (χ4n) is 2.05. The molecule has 4 atom stereocenters. The first-order valence-corrected chi connectivity index (χ1v) is 8.28. The Hall–Kier alpha value is -0.710. The molecule has 0 aromatic carbocycles. The van der Waals surface area contributed by atoms with E-state index in [2.05, 4.69) is 30.6 Å². The topological polar surface area (TPSA) is 53.0 Å². The molecule has 1 aliphatic heterocycles. The van der Waals surface area contributed by atoms with Crippen LogP contribution in [0.15, 0.2) is 0 Å². The van der Waals surface area contributed by atoms with Crippen LogP contribution in [0.5, 0.6) is 0 Å². The Morgan fingerprint density at radius 1 is 1.10 bits per heavy atom. The first kappa shape index (κ1) is 18.3. The summed E-state index contributed by atoms with van der Waals surface area (Å²) < 4.78 is 5.55. The van der Waals surface area contributed by atoms with Gasteiger partial charge in [0.05, 0.1) is 18.1 Å². The summed E-state index contributed by atoms with van der Waals surface area (Å²) in [5.41, 5.74) is 0. The number of hydrogen-bond donors (Lipinski definition) is 2. The van der Waals surface area contributed by atoms with E-state index in [-0.39, 0.29) is 12.0 Å². The van der Waals surface area contributed by atoms with Crippen LogP contribution < -0.4 is 0 Å². The zero-order valence-electron chi connectivity index (χ0n) is 12.6. The summed E-state index contributed by atoms with van der Waals surface area (Å²) in [6.45, 7) is 2.22. The van der Waals surface area contributed by atoms with Crippen molar-refractivity contribution in [2.75, 3.05) is 5.88 Å². The number of unbranched alkanes of at least 4 members (excludes halogenated alkanes) is 4. The van der Waals surface area contributed by atoms with Crippen molar-refractivity contribution in [2.24, 2.45) is 0 Å². The van der Waals surface area contributed by atoms with Crippen LogP contribution in [-0.2, 0) is 4.74 Å². The highest BCUT2D eigenvalue weighted by atomic mass is 35.5. The Morgan fingerprint density at radius 3 is 2.57 bits per heavy atom. The minimum Gasteiger partial charge on any atom is -0.388 e. The lowest BCUT2D eigenvalue weighted by atomic mass is 10.1. The summed E-state index contributed by atoms with van der Waals surface area (Å²) in [5.74, 6) is 10.5. The third kappa shape index (κ3) is 8.34. The SMILES string of the molecule is CCCCCCC[C@@H]1O[C@@H]1CC#CC#C[C@@H](O)[C@H](O)CCl. The third-order valence-electron chi connectivity index (χ3n) is 3.48. The van der Waals surface area contributed by atoms with Crippen molar-refractivity contribution in [3.05, 3.63) is 0 Å². The predicted octanol–water partition coefficient (Wildman–Crippen LogP) is 2.47. The minimum atomic E-state index is -1.13. The molecule has 1 heterocycles. The third-order valence-corrected chi connectivity index (χ3v) is 3.79. The summed E-state index contributed by atoms with van der Waals surface area (Å²) in [7, 11) is 0. The van der Waals surface area contributed by atoms with Gasteiger partial charge in [0, 0.05) is 6.42 Å². The van der Waals surface area contributed by atoms with Crippen LogP contribution in [0.2, 0.25) is 0 Å². The van der Waals surface area contributed by atoms with Crippen molar-refractivity contribution >= 4 is 11.6 Å². The van der Waals surface area contributed by atoms with Crippen LogP contribution in [0, 0.1) is 23.7 Å². The molecule has 118 valence electrons. The monoisotopic (exact) mass is 312 g/mol. The van der Waals surface area contributed by atoms with Gasteiger partial charge in [-0.2, -0.15) is 0 Å². The van der Waals surface area contributed by atoms with Crippen molar-refractivity contribution in [3.8, 4) is 23.7 Å². The zero-order chi connectivity index (χ0) is 15.5. The van der Waals surface area contributed by atoms with Crippen LogP contribution in [0.25, 0.3) is 0 Å². The van der Waals surface area contributed by atoms with Crippen LogP contribution in [0.3, 0.4) is 0 Å². The van der Waals surface area contributed by atoms with Crippen LogP contribution in [0.1, 0.15) is 51.9 Å². The lowest BCUT2D eigenvalue weighted by molar-refractivity contribution is 0.0701. The van der Waals surface area contributed by atoms with Crippen molar-refractivity contribution < 1.29 is 14.9 Å². The molecule has 1 aliphatic rings. The average Bonchev–Trinajstić information content (AvgIpc) is 3.24. The molecule has 0 aromatic rings. The summed E-state index contributed by atoms with van der Waals surface area (Å²) in [6, 6.07) is 0. The van der Waals surface area contributed by atoms with E-state index < -0.39 is 12.2 Å². The highest BCUT2D eigenvalue weighted by Gasteiger charge is 2.36. The molecule has 0 unspecified atom stereocenters. The second-order valence-corrected chi connectivity index (χ2v) is 5.67. The van der Waals surface area contributed by atoms with E-state index in [1.54, 1.807) is 0 Å². The van der Waals surface area contributed by atoms with Crippen molar-refractivity contribution in [3.63, 3.8) is 0 Å². The maximum Gasteiger partial charge on any atom is 0.142 e. The Morgan fingerprint density at radius 2 is 1.86 bits per heavy atom. The molecule has 0 aliphatic carbocycles. The molecule has 1 rings (SSSR count). The van der Waals surface area contributed by atoms with Crippen molar-refractivity contribution in [1.29, 1.82) is 0 Å². The maximum absolute atomic E-state index is 9.34. The molecular weight excluding hydrogens is 288 g/mol. The molecule has 1 fully saturated rings. The van der Waals surface area contributed by atoms with Gasteiger partial charge in [0.25, 0.3) is 0 Å². The smallest absolute Gasteiger partial charge is 0.142 e. The van der Waals surface area contributed by atoms with Gasteiger partial charge >= 0.3 is 0 Å². The highest BCUT2D eigenvalue weighted by molar-refractivity contribution is 6.18. The molecule has 0 bridgehead atoms. The van der Waals surface area contributed by atoms with E-state index in [1.807, 2.05) is 0 Å². The van der Waals surface area contributed by atoms with Crippen molar-refractivity contribution in [1.82, 2.24) is 0 Å². The molecule has 1 saturated heterocycles. The Bertz CT molecular complexity index is 402. The molecule has 0 amide bonds. The Kier molecular flexibility index (Phi) is 9.55. The molecule has 3 nitrogen and oxygen atoms in total. The second kappa shape index (κ2) is 10.9. The number of aliphatic hydroxyl groups excluding tert-OH is 2. The number of rotatable bonds is 9. The quantitative estimate of drug-likeness (QED) is 0.298. The summed E-state index contributed by atoms with van der Waals surface area (Å²) in [4.78, 5) is 0. The lowest BCUT2D eigenvalue weighted by Crippen LogP contribution is -2.25. The molecule has 0 saturated carbocycles. The second-order valence-electron chi connectivity index (χ2n) is 5.36. The minimum absolute atomic E-state index is 0.0425. The molecular formula is C17H25ClO3. The fourth-order valence-corrected chi connectivity index (χ4v) is 2.22. The van der Waals surface area contributed by atoms with Gasteiger partial charge < -0.3 is 14.9 Å². The van der Waals surface area contributed by atoms with E-state index in [9.17, 15) is 10.2 Å². The van der Waals surface area contributed by atoms with E-state index in [4.69, 9.17) is 16.3 Å². The first-order chi connectivity index (χ1) is 10.2. The Balaban J connectivity index is 2.08. The number of hydrogen-bond acceptors (Lipinski definition) is 3. The van der Waals surface area contributed by atoms with Gasteiger partial charge in [-0.1, -0.05) is 50.9 Å². The molecule has 21 heavy (non-hydrogen) atoms. The van der Waals surface area contributed by atoms with Crippen LogP contribution >= 0.6 is 11.6 Å². The van der Waals surface area contributed by atoms with E-state index >= 15 is 0 Å². The summed E-state index contributed by atoms with van der Waals surface area (Å²) >= 11 is 5.39. The highest BCUT2D eigenvalue weighted by Crippen LogP contribution is 2.29. The van der Waals surface area contributed by atoms with E-state index in [1.165, 1.54) is 32.1 Å². The number of aliphatic hydroxyl groups is 2. The molecule has 2 N–H and O–H groups in total. The molecule has 0 aromatic heterocycles. The number of ether oxygens (including phenoxy) is 1. The van der Waals surface area contributed by atoms with Crippen LogP contribution in [-0.4, -0.2) is 40.5 Å². The molecule has 0 spiro atoms. The average molecular weight is 313 g/mol. The first-order valence-electron chi connectivity index (χ1n) is 7.75. The fraction of sp³-hybridized carbons (Fsp3) is 0.765. The van der Waals surface area contributed by atoms with E-state index in [0.717, 1.165) is 6.42 Å². The predicted molar refractivity (Wildman–Crippen MR) is 84.9 cm³/mol. The van der Waals surface area contributed by atoms with Gasteiger partial charge in [0.1, 0.15) is 12.2 Å². The summed E-state index contributed by atoms with van der Waals surface area (Å²) in [5, 5.41) is 18.5. The zero-order valence-corrected chi connectivity index (χ0v) is 13.4. The van der Waals surface area contributed by atoms with Gasteiger partial charge in [-0.3, -0.25) is 0 Å². The number of halogens is 1. The normalized spacial score (nSPS) is 22.5. The molecule has 0 radical (unpaired) electrons. The van der Waals surface area contributed by atoms with Gasteiger partial charge in [0.2, 0.25) is 0 Å². The standard InChI is InChI=1S/C17H25ClO3/c1-2-3-4-5-8-11-16-17(21-16)12-9-6-7-10-14(19)15(20)13-18/h14-17,19-20H,2-5,8,11-13H2,1H3/t14-,15-,16+,17-/m1/s1. The Labute approximate surface area is 133 Å². The van der Waals surface area contributed by atoms with Gasteiger partial charge in [-0.15, -0.1) is 11.6 Å². The largest absolute Gasteiger partial charge is 0.388 e. The number of alkyl halides is 1. The van der Waals surface area contributed by atoms with E-state index in [0.29, 0.717) is 12.5 Å². The maximum atomic E-state index is 9.34. The summed E-state index contributed by atoms with van der Waals surface area (Å²) in [6.07, 6.45) is 6.72. The lowest BCUT2D eigenvalue weighted by Gasteiger charge is -2.06. The van der Waals surface area contributed by atoms with Gasteiger partial charge in [-0.05, 0) is 18.3 Å². The van der Waals surface area contributed by atoms with Crippen molar-refractivity contribution in [2.45, 2.75) is 76.3 Å². The van der Waals surface area contributed by atoms with Gasteiger partial charge in [0.15, 0.2) is 0 Å². The van der Waals surface area contributed by atoms with Crippen LogP contribution in [0.4, 0.5) is 0 Å². The molecule has 4 heteroatoms. The van der Waals surface area contributed by atoms with Gasteiger partial charge in [-0.25, -0.2) is 0 Å².